The maximum absolute atomic E-state index is 14.4. The summed E-state index contributed by atoms with van der Waals surface area (Å²) in [6, 6.07) is 20.3. The summed E-state index contributed by atoms with van der Waals surface area (Å²) in [5.74, 6) is -0.610. The highest BCUT2D eigenvalue weighted by Gasteiger charge is 2.60. The van der Waals surface area contributed by atoms with Gasteiger partial charge in [0.1, 0.15) is 5.82 Å². The van der Waals surface area contributed by atoms with E-state index in [0.29, 0.717) is 17.8 Å². The number of rotatable bonds is 3. The second kappa shape index (κ2) is 7.24. The maximum Gasteiger partial charge on any atom is 0.269 e. The fourth-order valence-corrected chi connectivity index (χ4v) is 5.67. The van der Waals surface area contributed by atoms with Gasteiger partial charge in [-0.1, -0.05) is 54.1 Å². The van der Waals surface area contributed by atoms with E-state index in [0.717, 1.165) is 22.4 Å². The molecule has 1 unspecified atom stereocenters. The second-order valence-corrected chi connectivity index (χ2v) is 9.16. The zero-order chi connectivity index (χ0) is 21.8. The van der Waals surface area contributed by atoms with Crippen molar-refractivity contribution < 1.29 is 14.0 Å². The number of carbonyl (C=O) groups excluding carboxylic acids is 2. The Hall–Kier alpha value is -3.12. The largest absolute Gasteiger partial charge is 0.304 e. The van der Waals surface area contributed by atoms with Crippen molar-refractivity contribution in [2.45, 2.75) is 25.3 Å². The predicted octanol–water partition coefficient (Wildman–Crippen LogP) is 4.92. The van der Waals surface area contributed by atoms with Crippen LogP contribution in [0, 0.1) is 19.7 Å². The van der Waals surface area contributed by atoms with Crippen LogP contribution in [0.5, 0.6) is 0 Å². The van der Waals surface area contributed by atoms with Gasteiger partial charge in [0.25, 0.3) is 5.91 Å². The molecule has 0 N–H and O–H groups in total. The minimum atomic E-state index is -1.22. The number of anilines is 2. The Kier molecular flexibility index (Phi) is 4.63. The second-order valence-electron chi connectivity index (χ2n) is 7.99. The zero-order valence-corrected chi connectivity index (χ0v) is 18.1. The molecule has 0 saturated carbocycles. The summed E-state index contributed by atoms with van der Waals surface area (Å²) in [7, 11) is 0. The van der Waals surface area contributed by atoms with Crippen LogP contribution in [0.15, 0.2) is 66.7 Å². The summed E-state index contributed by atoms with van der Waals surface area (Å²) >= 11 is 1.30. The van der Waals surface area contributed by atoms with Gasteiger partial charge in [0.05, 0.1) is 18.0 Å². The summed E-state index contributed by atoms with van der Waals surface area (Å²) in [6.45, 7) is 4.10. The van der Waals surface area contributed by atoms with Crippen LogP contribution in [0.4, 0.5) is 15.8 Å². The Balaban J connectivity index is 1.63. The highest BCUT2D eigenvalue weighted by Crippen LogP contribution is 2.56. The van der Waals surface area contributed by atoms with Crippen LogP contribution in [0.2, 0.25) is 0 Å². The minimum Gasteiger partial charge on any atom is -0.304 e. The number of amides is 2. The molecule has 31 heavy (non-hydrogen) atoms. The molecular weight excluding hydrogens is 411 g/mol. The molecule has 1 spiro atoms. The summed E-state index contributed by atoms with van der Waals surface area (Å²) in [6.07, 6.45) is 0. The topological polar surface area (TPSA) is 40.6 Å². The van der Waals surface area contributed by atoms with Crippen molar-refractivity contribution >= 4 is 35.0 Å². The first-order valence-corrected chi connectivity index (χ1v) is 11.1. The van der Waals surface area contributed by atoms with Gasteiger partial charge in [0, 0.05) is 11.3 Å². The Labute approximate surface area is 184 Å². The Morgan fingerprint density at radius 2 is 1.74 bits per heavy atom. The first kappa shape index (κ1) is 19.8. The van der Waals surface area contributed by atoms with Crippen LogP contribution in [0.25, 0.3) is 0 Å². The molecule has 1 saturated heterocycles. The van der Waals surface area contributed by atoms with Gasteiger partial charge in [-0.3, -0.25) is 14.5 Å². The molecule has 6 heteroatoms. The molecule has 0 bridgehead atoms. The molecule has 3 aromatic carbocycles. The molecule has 2 heterocycles. The third-order valence-corrected chi connectivity index (χ3v) is 7.32. The van der Waals surface area contributed by atoms with E-state index in [2.05, 4.69) is 0 Å². The highest BCUT2D eigenvalue weighted by molar-refractivity contribution is 8.02. The molecule has 0 aromatic heterocycles. The van der Waals surface area contributed by atoms with Crippen molar-refractivity contribution in [3.8, 4) is 0 Å². The molecule has 5 rings (SSSR count). The molecule has 2 aliphatic rings. The smallest absolute Gasteiger partial charge is 0.269 e. The van der Waals surface area contributed by atoms with Gasteiger partial charge < -0.3 is 4.90 Å². The number of halogens is 1. The lowest BCUT2D eigenvalue weighted by Gasteiger charge is -2.33. The van der Waals surface area contributed by atoms with E-state index < -0.39 is 10.7 Å². The van der Waals surface area contributed by atoms with Crippen molar-refractivity contribution in [2.75, 3.05) is 15.6 Å². The first-order chi connectivity index (χ1) is 14.9. The number of aryl methyl sites for hydroxylation is 2. The SMILES string of the molecule is Cc1ccc(CN2C(=O)C3(SCC(=O)N3c3ccc(C)c(F)c3)c3ccccc32)cc1. The number of nitrogens with zero attached hydrogens (tertiary/aromatic N) is 2. The minimum absolute atomic E-state index is 0.161. The van der Waals surface area contributed by atoms with Crippen LogP contribution in [-0.4, -0.2) is 17.6 Å². The molecule has 4 nitrogen and oxygen atoms in total. The number of benzene rings is 3. The van der Waals surface area contributed by atoms with Crippen molar-refractivity contribution in [1.29, 1.82) is 0 Å². The van der Waals surface area contributed by atoms with Crippen LogP contribution >= 0.6 is 11.8 Å². The van der Waals surface area contributed by atoms with Gasteiger partial charge >= 0.3 is 0 Å². The fourth-order valence-electron chi connectivity index (χ4n) is 4.31. The van der Waals surface area contributed by atoms with Crippen molar-refractivity contribution in [3.63, 3.8) is 0 Å². The Bertz CT molecular complexity index is 1210. The van der Waals surface area contributed by atoms with Gasteiger partial charge in [0.15, 0.2) is 0 Å². The predicted molar refractivity (Wildman–Crippen MR) is 122 cm³/mol. The molecule has 2 aliphatic heterocycles. The molecular formula is C25H21FN2O2S. The lowest BCUT2D eigenvalue weighted by atomic mass is 10.0. The van der Waals surface area contributed by atoms with Gasteiger partial charge in [0.2, 0.25) is 10.8 Å². The average Bonchev–Trinajstić information content (AvgIpc) is 3.23. The standard InChI is InChI=1S/C25H21FN2O2S/c1-16-7-10-18(11-8-16)14-27-22-6-4-3-5-20(22)25(24(27)30)28(23(29)15-31-25)19-12-9-17(2)21(26)13-19/h3-13H,14-15H2,1-2H3. The van der Waals surface area contributed by atoms with Gasteiger partial charge in [-0.05, 0) is 43.2 Å². The van der Waals surface area contributed by atoms with Crippen LogP contribution in [-0.2, 0) is 21.0 Å². The normalized spacial score (nSPS) is 20.1. The number of hydrogen-bond acceptors (Lipinski definition) is 3. The molecule has 2 amide bonds. The van der Waals surface area contributed by atoms with E-state index in [1.165, 1.54) is 22.7 Å². The van der Waals surface area contributed by atoms with E-state index in [1.807, 2.05) is 55.5 Å². The summed E-state index contributed by atoms with van der Waals surface area (Å²) in [4.78, 5) is 29.0. The van der Waals surface area contributed by atoms with Crippen molar-refractivity contribution in [3.05, 3.63) is 94.8 Å². The van der Waals surface area contributed by atoms with Gasteiger partial charge in [-0.15, -0.1) is 11.8 Å². The van der Waals surface area contributed by atoms with Crippen molar-refractivity contribution in [1.82, 2.24) is 0 Å². The number of para-hydroxylation sites is 1. The van der Waals surface area contributed by atoms with E-state index >= 15 is 0 Å². The van der Waals surface area contributed by atoms with E-state index in [-0.39, 0.29) is 17.6 Å². The van der Waals surface area contributed by atoms with Crippen LogP contribution < -0.4 is 9.80 Å². The van der Waals surface area contributed by atoms with Crippen LogP contribution in [0.3, 0.4) is 0 Å². The van der Waals surface area contributed by atoms with Gasteiger partial charge in [-0.25, -0.2) is 4.39 Å². The third-order valence-electron chi connectivity index (χ3n) is 5.94. The van der Waals surface area contributed by atoms with E-state index in [9.17, 15) is 14.0 Å². The number of thioether (sulfide) groups is 1. The lowest BCUT2D eigenvalue weighted by molar-refractivity contribution is -0.123. The van der Waals surface area contributed by atoms with E-state index in [4.69, 9.17) is 0 Å². The van der Waals surface area contributed by atoms with Crippen molar-refractivity contribution in [2.24, 2.45) is 0 Å². The highest BCUT2D eigenvalue weighted by atomic mass is 32.2. The summed E-state index contributed by atoms with van der Waals surface area (Å²) < 4.78 is 14.4. The maximum atomic E-state index is 14.4. The summed E-state index contributed by atoms with van der Waals surface area (Å²) in [5, 5.41) is 0. The molecule has 3 aromatic rings. The first-order valence-electron chi connectivity index (χ1n) is 10.1. The average molecular weight is 433 g/mol. The third kappa shape index (κ3) is 2.97. The summed E-state index contributed by atoms with van der Waals surface area (Å²) in [5.41, 5.74) is 4.61. The molecule has 0 aliphatic carbocycles. The molecule has 156 valence electrons. The van der Waals surface area contributed by atoms with Crippen LogP contribution in [0.1, 0.15) is 22.3 Å². The number of fused-ring (bicyclic) bond motifs is 2. The quantitative estimate of drug-likeness (QED) is 0.590. The lowest BCUT2D eigenvalue weighted by Crippen LogP contribution is -2.49. The number of hydrogen-bond donors (Lipinski definition) is 0. The fraction of sp³-hybridized carbons (Fsp3) is 0.200. The Morgan fingerprint density at radius 3 is 2.48 bits per heavy atom. The molecule has 1 atom stereocenters. The molecule has 0 radical (unpaired) electrons. The van der Waals surface area contributed by atoms with Gasteiger partial charge in [-0.2, -0.15) is 0 Å². The van der Waals surface area contributed by atoms with E-state index in [1.54, 1.807) is 24.0 Å². The Morgan fingerprint density at radius 1 is 1.00 bits per heavy atom. The molecule has 1 fully saturated rings. The number of carbonyl (C=O) groups is 2. The zero-order valence-electron chi connectivity index (χ0n) is 17.3. The monoisotopic (exact) mass is 432 g/mol.